The van der Waals surface area contributed by atoms with Crippen LogP contribution in [-0.2, 0) is 0 Å². The molecule has 0 saturated heterocycles. The molecule has 2 rings (SSSR count). The number of carbonyl (C=O) groups excluding carboxylic acids is 1. The van der Waals surface area contributed by atoms with E-state index in [-0.39, 0.29) is 5.91 Å². The van der Waals surface area contributed by atoms with Crippen LogP contribution >= 0.6 is 22.6 Å². The van der Waals surface area contributed by atoms with Gasteiger partial charge >= 0.3 is 0 Å². The molecule has 1 aromatic carbocycles. The summed E-state index contributed by atoms with van der Waals surface area (Å²) in [6, 6.07) is 7.14. The lowest BCUT2D eigenvalue weighted by Crippen LogP contribution is -2.16. The fraction of sp³-hybridized carbons (Fsp3) is 0.200. The number of rotatable bonds is 4. The summed E-state index contributed by atoms with van der Waals surface area (Å²) in [6.07, 6.45) is 1.70. The maximum absolute atomic E-state index is 12.5. The highest BCUT2D eigenvalue weighted by Crippen LogP contribution is 2.29. The highest BCUT2D eigenvalue weighted by atomic mass is 127. The van der Waals surface area contributed by atoms with Gasteiger partial charge in [-0.1, -0.05) is 6.07 Å². The van der Waals surface area contributed by atoms with Crippen LogP contribution in [0.3, 0.4) is 0 Å². The maximum atomic E-state index is 12.5. The highest BCUT2D eigenvalue weighted by molar-refractivity contribution is 14.1. The molecule has 0 atom stereocenters. The molecular weight excluding hydrogens is 383 g/mol. The summed E-state index contributed by atoms with van der Waals surface area (Å²) >= 11 is 2.17. The van der Waals surface area contributed by atoms with Crippen LogP contribution in [-0.4, -0.2) is 25.1 Å². The van der Waals surface area contributed by atoms with Gasteiger partial charge in [0.05, 0.1) is 14.2 Å². The summed E-state index contributed by atoms with van der Waals surface area (Å²) in [4.78, 5) is 16.7. The zero-order valence-corrected chi connectivity index (χ0v) is 14.1. The number of hydrogen-bond donors (Lipinski definition) is 1. The number of benzene rings is 1. The topological polar surface area (TPSA) is 60.5 Å². The van der Waals surface area contributed by atoms with Gasteiger partial charge in [0.2, 0.25) is 0 Å². The Bertz CT molecular complexity index is 652. The van der Waals surface area contributed by atoms with Gasteiger partial charge in [0, 0.05) is 9.77 Å². The van der Waals surface area contributed by atoms with E-state index in [4.69, 9.17) is 9.47 Å². The second-order valence-electron chi connectivity index (χ2n) is 4.31. The molecule has 1 heterocycles. The normalized spacial score (nSPS) is 10.1. The van der Waals surface area contributed by atoms with Gasteiger partial charge < -0.3 is 14.8 Å². The van der Waals surface area contributed by atoms with E-state index in [0.29, 0.717) is 22.9 Å². The van der Waals surface area contributed by atoms with Crippen molar-refractivity contribution < 1.29 is 14.3 Å². The quantitative estimate of drug-likeness (QED) is 0.804. The average molecular weight is 398 g/mol. The average Bonchev–Trinajstić information content (AvgIpc) is 2.49. The van der Waals surface area contributed by atoms with Crippen LogP contribution in [0.25, 0.3) is 0 Å². The van der Waals surface area contributed by atoms with E-state index in [2.05, 4.69) is 32.9 Å². The third-order valence-electron chi connectivity index (χ3n) is 2.93. The molecule has 1 aromatic heterocycles. The van der Waals surface area contributed by atoms with Gasteiger partial charge in [-0.25, -0.2) is 4.98 Å². The predicted octanol–water partition coefficient (Wildman–Crippen LogP) is 3.26. The molecule has 0 radical (unpaired) electrons. The largest absolute Gasteiger partial charge is 0.496 e. The van der Waals surface area contributed by atoms with E-state index in [9.17, 15) is 4.79 Å². The second-order valence-corrected chi connectivity index (χ2v) is 5.56. The maximum Gasteiger partial charge on any atom is 0.264 e. The summed E-state index contributed by atoms with van der Waals surface area (Å²) in [5, 5.41) is 2.79. The Labute approximate surface area is 136 Å². The summed E-state index contributed by atoms with van der Waals surface area (Å²) in [5.74, 6) is 1.11. The van der Waals surface area contributed by atoms with Crippen molar-refractivity contribution in [2.75, 3.05) is 19.5 Å². The molecule has 0 aliphatic heterocycles. The highest BCUT2D eigenvalue weighted by Gasteiger charge is 2.19. The van der Waals surface area contributed by atoms with Crippen molar-refractivity contribution in [2.45, 2.75) is 6.92 Å². The van der Waals surface area contributed by atoms with Gasteiger partial charge in [0.1, 0.15) is 22.9 Å². The number of anilines is 1. The Morgan fingerprint density at radius 2 is 1.86 bits per heavy atom. The number of amides is 1. The number of aryl methyl sites for hydroxylation is 1. The summed E-state index contributed by atoms with van der Waals surface area (Å²) in [6.45, 7) is 1.89. The minimum absolute atomic E-state index is 0.318. The number of carbonyl (C=O) groups is 1. The minimum Gasteiger partial charge on any atom is -0.496 e. The first-order valence-electron chi connectivity index (χ1n) is 6.21. The van der Waals surface area contributed by atoms with Crippen LogP contribution in [0.2, 0.25) is 0 Å². The molecule has 0 spiro atoms. The number of hydrogen-bond acceptors (Lipinski definition) is 4. The van der Waals surface area contributed by atoms with E-state index >= 15 is 0 Å². The van der Waals surface area contributed by atoms with Crippen LogP contribution < -0.4 is 14.8 Å². The van der Waals surface area contributed by atoms with Crippen molar-refractivity contribution in [3.8, 4) is 11.5 Å². The fourth-order valence-corrected chi connectivity index (χ4v) is 2.52. The third-order valence-corrected chi connectivity index (χ3v) is 3.52. The van der Waals surface area contributed by atoms with Crippen molar-refractivity contribution >= 4 is 34.3 Å². The second kappa shape index (κ2) is 6.75. The smallest absolute Gasteiger partial charge is 0.264 e. The fourth-order valence-electron chi connectivity index (χ4n) is 1.92. The van der Waals surface area contributed by atoms with Gasteiger partial charge in [0.25, 0.3) is 5.91 Å². The molecule has 5 nitrogen and oxygen atoms in total. The monoisotopic (exact) mass is 398 g/mol. The molecule has 110 valence electrons. The van der Waals surface area contributed by atoms with Gasteiger partial charge in [-0.3, -0.25) is 4.79 Å². The Hall–Kier alpha value is -1.83. The van der Waals surface area contributed by atoms with Crippen LogP contribution in [0.1, 0.15) is 15.9 Å². The Morgan fingerprint density at radius 3 is 2.38 bits per heavy atom. The van der Waals surface area contributed by atoms with Gasteiger partial charge in [-0.05, 0) is 53.3 Å². The first-order valence-corrected chi connectivity index (χ1v) is 7.29. The van der Waals surface area contributed by atoms with Gasteiger partial charge in [-0.2, -0.15) is 0 Å². The minimum atomic E-state index is -0.318. The number of methoxy groups -OCH3 is 2. The van der Waals surface area contributed by atoms with Crippen molar-refractivity contribution in [3.05, 3.63) is 45.2 Å². The van der Waals surface area contributed by atoms with Crippen molar-refractivity contribution in [2.24, 2.45) is 0 Å². The van der Waals surface area contributed by atoms with Crippen molar-refractivity contribution in [3.63, 3.8) is 0 Å². The Kier molecular flexibility index (Phi) is 5.00. The van der Waals surface area contributed by atoms with Gasteiger partial charge in [0.15, 0.2) is 0 Å². The van der Waals surface area contributed by atoms with Crippen LogP contribution in [0, 0.1) is 10.5 Å². The zero-order valence-electron chi connectivity index (χ0n) is 11.9. The molecule has 0 unspecified atom stereocenters. The molecule has 21 heavy (non-hydrogen) atoms. The lowest BCUT2D eigenvalue weighted by Gasteiger charge is -2.13. The van der Waals surface area contributed by atoms with Crippen LogP contribution in [0.5, 0.6) is 11.5 Å². The molecule has 1 amide bonds. The van der Waals surface area contributed by atoms with E-state index in [1.54, 1.807) is 24.4 Å². The van der Waals surface area contributed by atoms with E-state index in [1.165, 1.54) is 14.2 Å². The molecule has 0 bridgehead atoms. The molecule has 1 N–H and O–H groups in total. The van der Waals surface area contributed by atoms with Crippen molar-refractivity contribution in [1.29, 1.82) is 0 Å². The number of ether oxygens (including phenoxy) is 2. The first kappa shape index (κ1) is 15.6. The molecule has 6 heteroatoms. The number of pyridine rings is 1. The Balaban J connectivity index is 2.36. The summed E-state index contributed by atoms with van der Waals surface area (Å²) in [5.41, 5.74) is 1.24. The van der Waals surface area contributed by atoms with Crippen LogP contribution in [0.15, 0.2) is 30.5 Å². The molecular formula is C15H15IN2O3. The molecule has 0 aliphatic rings. The van der Waals surface area contributed by atoms with E-state index in [1.807, 2.05) is 13.0 Å². The predicted molar refractivity (Wildman–Crippen MR) is 89.2 cm³/mol. The molecule has 0 aliphatic carbocycles. The van der Waals surface area contributed by atoms with E-state index in [0.717, 1.165) is 9.13 Å². The number of halogens is 1. The molecule has 2 aromatic rings. The molecule has 0 fully saturated rings. The molecule has 0 saturated carbocycles. The summed E-state index contributed by atoms with van der Waals surface area (Å²) < 4.78 is 11.5. The number of nitrogens with one attached hydrogen (secondary N) is 1. The van der Waals surface area contributed by atoms with E-state index < -0.39 is 0 Å². The number of aromatic nitrogens is 1. The lowest BCUT2D eigenvalue weighted by molar-refractivity contribution is 0.102. The van der Waals surface area contributed by atoms with Gasteiger partial charge in [-0.15, -0.1) is 0 Å². The van der Waals surface area contributed by atoms with Crippen molar-refractivity contribution in [1.82, 2.24) is 4.98 Å². The third kappa shape index (κ3) is 3.44. The summed E-state index contributed by atoms with van der Waals surface area (Å²) in [7, 11) is 3.03. The SMILES string of the molecule is COc1cccc(OC)c1C(=O)Nc1ncc(I)cc1C. The Morgan fingerprint density at radius 1 is 1.24 bits per heavy atom. The van der Waals surface area contributed by atoms with Crippen LogP contribution in [0.4, 0.5) is 5.82 Å². The lowest BCUT2D eigenvalue weighted by atomic mass is 10.1. The first-order chi connectivity index (χ1) is 10.1. The number of nitrogens with zero attached hydrogens (tertiary/aromatic N) is 1. The standard InChI is InChI=1S/C15H15IN2O3/c1-9-7-10(16)8-17-14(9)18-15(19)13-11(20-2)5-4-6-12(13)21-3/h4-8H,1-3H3,(H,17,18,19). The zero-order chi connectivity index (χ0) is 15.4.